The standard InChI is InChI=1S/C29H35N9O/c1-20-18-32-29(35-27(20)22-4-6-23(7-5-22)33-28(39)21(2)30)34-24-8-10-25(11-9-24)38-16-14-37(15-17-38)19-26-31-12-13-36(26)3/h4-13,18,21H,14-17,19,30H2,1-3H3,(H,33,39)(H,32,34,35)/t21-/m1/s1. The van der Waals surface area contributed by atoms with Crippen LogP contribution in [0.4, 0.5) is 23.0 Å². The van der Waals surface area contributed by atoms with Crippen molar-refractivity contribution in [3.63, 3.8) is 0 Å². The maximum absolute atomic E-state index is 11.9. The summed E-state index contributed by atoms with van der Waals surface area (Å²) in [6, 6.07) is 15.4. The highest BCUT2D eigenvalue weighted by Gasteiger charge is 2.18. The third kappa shape index (κ3) is 6.42. The van der Waals surface area contributed by atoms with Crippen LogP contribution in [0.3, 0.4) is 0 Å². The third-order valence-corrected chi connectivity index (χ3v) is 6.96. The number of nitrogens with one attached hydrogen (secondary N) is 2. The van der Waals surface area contributed by atoms with E-state index in [2.05, 4.69) is 59.2 Å². The van der Waals surface area contributed by atoms with Gasteiger partial charge in [-0.15, -0.1) is 0 Å². The first-order chi connectivity index (χ1) is 18.9. The van der Waals surface area contributed by atoms with Gasteiger partial charge < -0.3 is 25.8 Å². The second-order valence-electron chi connectivity index (χ2n) is 9.97. The Morgan fingerprint density at radius 1 is 1.00 bits per heavy atom. The molecule has 0 unspecified atom stereocenters. The van der Waals surface area contributed by atoms with Crippen LogP contribution in [0.1, 0.15) is 18.3 Å². The molecule has 1 atom stereocenters. The summed E-state index contributed by atoms with van der Waals surface area (Å²) in [7, 11) is 2.04. The highest BCUT2D eigenvalue weighted by atomic mass is 16.2. The van der Waals surface area contributed by atoms with Gasteiger partial charge in [-0.3, -0.25) is 9.69 Å². The lowest BCUT2D eigenvalue weighted by molar-refractivity contribution is -0.117. The van der Waals surface area contributed by atoms with Gasteiger partial charge in [0.25, 0.3) is 0 Å². The highest BCUT2D eigenvalue weighted by molar-refractivity contribution is 5.94. The van der Waals surface area contributed by atoms with Crippen LogP contribution in [0.5, 0.6) is 0 Å². The molecule has 0 aliphatic carbocycles. The number of anilines is 4. The zero-order valence-electron chi connectivity index (χ0n) is 22.6. The van der Waals surface area contributed by atoms with Crippen LogP contribution in [0, 0.1) is 6.92 Å². The second-order valence-corrected chi connectivity index (χ2v) is 9.97. The molecule has 10 heteroatoms. The zero-order chi connectivity index (χ0) is 27.4. The Kier molecular flexibility index (Phi) is 7.85. The van der Waals surface area contributed by atoms with Crippen LogP contribution in [0.2, 0.25) is 0 Å². The van der Waals surface area contributed by atoms with E-state index >= 15 is 0 Å². The van der Waals surface area contributed by atoms with Crippen molar-refractivity contribution >= 4 is 28.9 Å². The summed E-state index contributed by atoms with van der Waals surface area (Å²) in [4.78, 5) is 30.4. The molecule has 202 valence electrons. The predicted octanol–water partition coefficient (Wildman–Crippen LogP) is 3.54. The normalized spacial score (nSPS) is 14.7. The number of carbonyl (C=O) groups excluding carboxylic acids is 1. The Hall–Kier alpha value is -4.28. The fraction of sp³-hybridized carbons (Fsp3) is 0.310. The van der Waals surface area contributed by atoms with E-state index < -0.39 is 6.04 Å². The van der Waals surface area contributed by atoms with Gasteiger partial charge >= 0.3 is 0 Å². The van der Waals surface area contributed by atoms with Crippen LogP contribution in [0.25, 0.3) is 11.3 Å². The van der Waals surface area contributed by atoms with Crippen molar-refractivity contribution in [3.8, 4) is 11.3 Å². The largest absolute Gasteiger partial charge is 0.369 e. The number of hydrogen-bond donors (Lipinski definition) is 3. The molecular weight excluding hydrogens is 490 g/mol. The van der Waals surface area contributed by atoms with Crippen molar-refractivity contribution in [2.24, 2.45) is 12.8 Å². The summed E-state index contributed by atoms with van der Waals surface area (Å²) in [5.41, 5.74) is 11.2. The van der Waals surface area contributed by atoms with Gasteiger partial charge in [-0.2, -0.15) is 0 Å². The van der Waals surface area contributed by atoms with Crippen LogP contribution >= 0.6 is 0 Å². The van der Waals surface area contributed by atoms with Crippen LogP contribution in [0.15, 0.2) is 67.1 Å². The molecule has 10 nitrogen and oxygen atoms in total. The first-order valence-corrected chi connectivity index (χ1v) is 13.2. The summed E-state index contributed by atoms with van der Waals surface area (Å²) in [5.74, 6) is 1.41. The number of aromatic nitrogens is 4. The average molecular weight is 526 g/mol. The van der Waals surface area contributed by atoms with E-state index in [1.54, 1.807) is 6.92 Å². The molecule has 4 aromatic rings. The van der Waals surface area contributed by atoms with Crippen LogP contribution in [-0.2, 0) is 18.4 Å². The molecule has 5 rings (SSSR count). The van der Waals surface area contributed by atoms with Crippen molar-refractivity contribution < 1.29 is 4.79 Å². The number of hydrogen-bond acceptors (Lipinski definition) is 8. The molecule has 2 aromatic carbocycles. The number of piperazine rings is 1. The van der Waals surface area contributed by atoms with E-state index in [0.29, 0.717) is 11.6 Å². The number of carbonyl (C=O) groups is 1. The Morgan fingerprint density at radius 3 is 2.33 bits per heavy atom. The summed E-state index contributed by atoms with van der Waals surface area (Å²) in [6.45, 7) is 8.49. The Labute approximate surface area is 228 Å². The molecule has 3 heterocycles. The Balaban J connectivity index is 1.19. The minimum Gasteiger partial charge on any atom is -0.369 e. The van der Waals surface area contributed by atoms with E-state index in [-0.39, 0.29) is 5.91 Å². The third-order valence-electron chi connectivity index (χ3n) is 6.96. The topological polar surface area (TPSA) is 117 Å². The van der Waals surface area contributed by atoms with Crippen molar-refractivity contribution in [2.45, 2.75) is 26.4 Å². The summed E-state index contributed by atoms with van der Waals surface area (Å²) < 4.78 is 2.08. The van der Waals surface area contributed by atoms with Crippen LogP contribution < -0.4 is 21.3 Å². The number of amides is 1. The molecule has 39 heavy (non-hydrogen) atoms. The Morgan fingerprint density at radius 2 is 1.69 bits per heavy atom. The van der Waals surface area contributed by atoms with Gasteiger partial charge in [-0.1, -0.05) is 12.1 Å². The van der Waals surface area contributed by atoms with Crippen molar-refractivity contribution in [3.05, 3.63) is 78.5 Å². The SMILES string of the molecule is Cc1cnc(Nc2ccc(N3CCN(Cc4nccn4C)CC3)cc2)nc1-c1ccc(NC(=O)[C@@H](C)N)cc1. The molecule has 1 amide bonds. The van der Waals surface area contributed by atoms with E-state index in [9.17, 15) is 4.79 Å². The van der Waals surface area contributed by atoms with Gasteiger partial charge in [0.2, 0.25) is 11.9 Å². The van der Waals surface area contributed by atoms with E-state index in [1.807, 2.05) is 56.8 Å². The van der Waals surface area contributed by atoms with Crippen LogP contribution in [-0.4, -0.2) is 62.5 Å². The smallest absolute Gasteiger partial charge is 0.240 e. The van der Waals surface area contributed by atoms with Gasteiger partial charge in [-0.25, -0.2) is 15.0 Å². The lowest BCUT2D eigenvalue weighted by atomic mass is 10.1. The molecule has 0 spiro atoms. The lowest BCUT2D eigenvalue weighted by Crippen LogP contribution is -2.46. The predicted molar refractivity (Wildman–Crippen MR) is 155 cm³/mol. The fourth-order valence-corrected chi connectivity index (χ4v) is 4.56. The summed E-state index contributed by atoms with van der Waals surface area (Å²) >= 11 is 0. The number of nitrogens with zero attached hydrogens (tertiary/aromatic N) is 6. The average Bonchev–Trinajstić information content (AvgIpc) is 3.35. The molecule has 2 aromatic heterocycles. The maximum atomic E-state index is 11.9. The first-order valence-electron chi connectivity index (χ1n) is 13.2. The molecule has 1 aliphatic rings. The fourth-order valence-electron chi connectivity index (χ4n) is 4.56. The first kappa shape index (κ1) is 26.3. The zero-order valence-corrected chi connectivity index (χ0v) is 22.6. The highest BCUT2D eigenvalue weighted by Crippen LogP contribution is 2.26. The molecular formula is C29H35N9O. The number of imidazole rings is 1. The number of rotatable bonds is 8. The summed E-state index contributed by atoms with van der Waals surface area (Å²) in [5, 5.41) is 6.13. The number of nitrogens with two attached hydrogens (primary N) is 1. The van der Waals surface area contributed by atoms with Gasteiger partial charge in [0, 0.05) is 74.4 Å². The summed E-state index contributed by atoms with van der Waals surface area (Å²) in [6.07, 6.45) is 5.66. The van der Waals surface area contributed by atoms with Crippen molar-refractivity contribution in [2.75, 3.05) is 41.7 Å². The van der Waals surface area contributed by atoms with Gasteiger partial charge in [-0.05, 0) is 55.8 Å². The van der Waals surface area contributed by atoms with E-state index in [0.717, 1.165) is 61.1 Å². The quantitative estimate of drug-likeness (QED) is 0.320. The molecule has 1 saturated heterocycles. The monoisotopic (exact) mass is 525 g/mol. The number of aryl methyl sites for hydroxylation is 2. The van der Waals surface area contributed by atoms with Gasteiger partial charge in [0.05, 0.1) is 18.3 Å². The minimum absolute atomic E-state index is 0.221. The van der Waals surface area contributed by atoms with Crippen molar-refractivity contribution in [1.82, 2.24) is 24.4 Å². The molecule has 0 saturated carbocycles. The second kappa shape index (κ2) is 11.6. The minimum atomic E-state index is -0.565. The van der Waals surface area contributed by atoms with Crippen molar-refractivity contribution in [1.29, 1.82) is 0 Å². The molecule has 1 aliphatic heterocycles. The van der Waals surface area contributed by atoms with E-state index in [4.69, 9.17) is 10.7 Å². The number of benzene rings is 2. The molecule has 1 fully saturated rings. The van der Waals surface area contributed by atoms with Gasteiger partial charge in [0.1, 0.15) is 5.82 Å². The lowest BCUT2D eigenvalue weighted by Gasteiger charge is -2.36. The van der Waals surface area contributed by atoms with E-state index in [1.165, 1.54) is 5.69 Å². The van der Waals surface area contributed by atoms with Gasteiger partial charge in [0.15, 0.2) is 0 Å². The Bertz CT molecular complexity index is 1410. The molecule has 0 bridgehead atoms. The maximum Gasteiger partial charge on any atom is 0.240 e. The molecule has 0 radical (unpaired) electrons. The molecule has 4 N–H and O–H groups in total.